The van der Waals surface area contributed by atoms with Gasteiger partial charge in [-0.3, -0.25) is 9.59 Å². The lowest BCUT2D eigenvalue weighted by Gasteiger charge is -2.05. The number of thioether (sulfide) groups is 1. The number of nitrogens with one attached hydrogen (secondary N) is 1. The summed E-state index contributed by atoms with van der Waals surface area (Å²) in [7, 11) is 0. The Hall–Kier alpha value is -2.02. The van der Waals surface area contributed by atoms with E-state index in [-0.39, 0.29) is 11.7 Å². The third-order valence-electron chi connectivity index (χ3n) is 2.41. The standard InChI is InChI=1S/C12H13N3O3S/c16-11(17)8-19-6-4-14-12(18)9-1-2-10-13-3-5-15(10)7-9/h1-3,5,7H,4,6,8H2,(H,14,18)(H,16,17). The quantitative estimate of drug-likeness (QED) is 0.767. The van der Waals surface area contributed by atoms with Gasteiger partial charge < -0.3 is 14.8 Å². The largest absolute Gasteiger partial charge is 0.481 e. The van der Waals surface area contributed by atoms with Crippen LogP contribution in [0.2, 0.25) is 0 Å². The number of carbonyl (C=O) groups excluding carboxylic acids is 1. The van der Waals surface area contributed by atoms with E-state index in [1.807, 2.05) is 0 Å². The minimum absolute atomic E-state index is 0.0524. The van der Waals surface area contributed by atoms with E-state index in [0.717, 1.165) is 5.65 Å². The molecule has 0 saturated carbocycles. The molecule has 1 amide bonds. The zero-order valence-corrected chi connectivity index (χ0v) is 10.9. The lowest BCUT2D eigenvalue weighted by atomic mass is 10.2. The summed E-state index contributed by atoms with van der Waals surface area (Å²) in [5, 5.41) is 11.2. The molecular formula is C12H13N3O3S. The molecule has 0 aliphatic rings. The highest BCUT2D eigenvalue weighted by Crippen LogP contribution is 2.05. The van der Waals surface area contributed by atoms with E-state index < -0.39 is 5.97 Å². The Morgan fingerprint density at radius 1 is 1.42 bits per heavy atom. The first kappa shape index (κ1) is 13.4. The molecule has 0 aromatic carbocycles. The lowest BCUT2D eigenvalue weighted by molar-refractivity contribution is -0.133. The molecule has 7 heteroatoms. The van der Waals surface area contributed by atoms with Gasteiger partial charge in [-0.15, -0.1) is 11.8 Å². The van der Waals surface area contributed by atoms with Crippen molar-refractivity contribution in [2.75, 3.05) is 18.1 Å². The molecule has 6 nitrogen and oxygen atoms in total. The molecule has 19 heavy (non-hydrogen) atoms. The topological polar surface area (TPSA) is 83.7 Å². The van der Waals surface area contributed by atoms with Crippen LogP contribution in [0.15, 0.2) is 30.7 Å². The van der Waals surface area contributed by atoms with Gasteiger partial charge in [0, 0.05) is 30.9 Å². The summed E-state index contributed by atoms with van der Waals surface area (Å²) in [6.07, 6.45) is 5.15. The smallest absolute Gasteiger partial charge is 0.313 e. The third-order valence-corrected chi connectivity index (χ3v) is 3.35. The molecule has 100 valence electrons. The van der Waals surface area contributed by atoms with Gasteiger partial charge in [0.25, 0.3) is 5.91 Å². The summed E-state index contributed by atoms with van der Waals surface area (Å²) < 4.78 is 1.77. The van der Waals surface area contributed by atoms with Crippen molar-refractivity contribution in [2.24, 2.45) is 0 Å². The van der Waals surface area contributed by atoms with Crippen molar-refractivity contribution in [1.82, 2.24) is 14.7 Å². The summed E-state index contributed by atoms with van der Waals surface area (Å²) in [5.74, 6) is -0.393. The normalized spacial score (nSPS) is 10.5. The minimum atomic E-state index is -0.845. The van der Waals surface area contributed by atoms with Crippen LogP contribution in [0.1, 0.15) is 10.4 Å². The minimum Gasteiger partial charge on any atom is -0.481 e. The van der Waals surface area contributed by atoms with Gasteiger partial charge in [0.15, 0.2) is 0 Å². The zero-order valence-electron chi connectivity index (χ0n) is 10.1. The number of imidazole rings is 1. The molecule has 2 rings (SSSR count). The second-order valence-electron chi connectivity index (χ2n) is 3.81. The van der Waals surface area contributed by atoms with Gasteiger partial charge in [-0.1, -0.05) is 0 Å². The molecule has 2 aromatic heterocycles. The first-order chi connectivity index (χ1) is 9.16. The Bertz CT molecular complexity index is 597. The zero-order chi connectivity index (χ0) is 13.7. The fourth-order valence-electron chi connectivity index (χ4n) is 1.55. The van der Waals surface area contributed by atoms with Gasteiger partial charge in [-0.05, 0) is 12.1 Å². The number of hydrogen-bond acceptors (Lipinski definition) is 4. The monoisotopic (exact) mass is 279 g/mol. The van der Waals surface area contributed by atoms with Crippen molar-refractivity contribution in [2.45, 2.75) is 0 Å². The van der Waals surface area contributed by atoms with Gasteiger partial charge in [0.05, 0.1) is 11.3 Å². The van der Waals surface area contributed by atoms with E-state index in [4.69, 9.17) is 5.11 Å². The second kappa shape index (κ2) is 6.24. The fraction of sp³-hybridized carbons (Fsp3) is 0.250. The molecule has 0 atom stereocenters. The number of aliphatic carboxylic acids is 1. The maximum atomic E-state index is 11.8. The average Bonchev–Trinajstić information content (AvgIpc) is 2.84. The van der Waals surface area contributed by atoms with Gasteiger partial charge in [0.2, 0.25) is 0 Å². The predicted molar refractivity (Wildman–Crippen MR) is 72.5 cm³/mol. The molecule has 0 unspecified atom stereocenters. The maximum Gasteiger partial charge on any atom is 0.313 e. The predicted octanol–water partition coefficient (Wildman–Crippen LogP) is 0.882. The average molecular weight is 279 g/mol. The van der Waals surface area contributed by atoms with Gasteiger partial charge >= 0.3 is 5.97 Å². The number of nitrogens with zero attached hydrogens (tertiary/aromatic N) is 2. The fourth-order valence-corrected chi connectivity index (χ4v) is 2.12. The van der Waals surface area contributed by atoms with Gasteiger partial charge in [0.1, 0.15) is 5.65 Å². The number of aromatic nitrogens is 2. The number of hydrogen-bond donors (Lipinski definition) is 2. The summed E-state index contributed by atoms with van der Waals surface area (Å²) in [6, 6.07) is 3.48. The summed E-state index contributed by atoms with van der Waals surface area (Å²) in [5.41, 5.74) is 1.34. The third kappa shape index (κ3) is 3.72. The molecule has 2 heterocycles. The Morgan fingerprint density at radius 2 is 2.26 bits per heavy atom. The molecule has 0 aliphatic heterocycles. The first-order valence-electron chi connectivity index (χ1n) is 5.67. The number of fused-ring (bicyclic) bond motifs is 1. The second-order valence-corrected chi connectivity index (χ2v) is 4.92. The van der Waals surface area contributed by atoms with Crippen LogP contribution in [0.5, 0.6) is 0 Å². The molecule has 0 aliphatic carbocycles. The number of carbonyl (C=O) groups is 2. The molecule has 0 radical (unpaired) electrons. The number of carboxylic acids is 1. The summed E-state index contributed by atoms with van der Waals surface area (Å²) in [4.78, 5) is 26.2. The van der Waals surface area contributed by atoms with Gasteiger partial charge in [-0.25, -0.2) is 4.98 Å². The maximum absolute atomic E-state index is 11.8. The van der Waals surface area contributed by atoms with Crippen molar-refractivity contribution < 1.29 is 14.7 Å². The van der Waals surface area contributed by atoms with Crippen LogP contribution in [-0.2, 0) is 4.79 Å². The van der Waals surface area contributed by atoms with E-state index in [1.165, 1.54) is 11.8 Å². The SMILES string of the molecule is O=C(O)CSCCNC(=O)c1ccc2nccn2c1. The highest BCUT2D eigenvalue weighted by atomic mass is 32.2. The molecule has 2 N–H and O–H groups in total. The van der Waals surface area contributed by atoms with Crippen molar-refractivity contribution in [3.63, 3.8) is 0 Å². The number of amides is 1. The number of carboxylic acid groups (broad SMARTS) is 1. The van der Waals surface area contributed by atoms with Crippen molar-refractivity contribution in [3.05, 3.63) is 36.3 Å². The molecule has 0 bridgehead atoms. The molecule has 0 spiro atoms. The molecule has 0 fully saturated rings. The van der Waals surface area contributed by atoms with E-state index in [2.05, 4.69) is 10.3 Å². The molecule has 0 saturated heterocycles. The van der Waals surface area contributed by atoms with E-state index >= 15 is 0 Å². The van der Waals surface area contributed by atoms with Crippen LogP contribution in [0.25, 0.3) is 5.65 Å². The van der Waals surface area contributed by atoms with Crippen molar-refractivity contribution >= 4 is 29.3 Å². The van der Waals surface area contributed by atoms with Crippen LogP contribution in [0.3, 0.4) is 0 Å². The first-order valence-corrected chi connectivity index (χ1v) is 6.83. The number of pyridine rings is 1. The van der Waals surface area contributed by atoms with E-state index in [9.17, 15) is 9.59 Å². The van der Waals surface area contributed by atoms with Crippen molar-refractivity contribution in [3.8, 4) is 0 Å². The van der Waals surface area contributed by atoms with E-state index in [0.29, 0.717) is 17.9 Å². The van der Waals surface area contributed by atoms with Crippen LogP contribution < -0.4 is 5.32 Å². The summed E-state index contributed by atoms with van der Waals surface area (Å²) >= 11 is 1.27. The Balaban J connectivity index is 1.84. The van der Waals surface area contributed by atoms with Crippen LogP contribution >= 0.6 is 11.8 Å². The van der Waals surface area contributed by atoms with Crippen LogP contribution in [-0.4, -0.2) is 44.4 Å². The highest BCUT2D eigenvalue weighted by Gasteiger charge is 2.06. The Kier molecular flexibility index (Phi) is 4.40. The molecule has 2 aromatic rings. The lowest BCUT2D eigenvalue weighted by Crippen LogP contribution is -2.26. The van der Waals surface area contributed by atoms with Crippen LogP contribution in [0.4, 0.5) is 0 Å². The van der Waals surface area contributed by atoms with Gasteiger partial charge in [-0.2, -0.15) is 0 Å². The van der Waals surface area contributed by atoms with Crippen LogP contribution in [0, 0.1) is 0 Å². The highest BCUT2D eigenvalue weighted by molar-refractivity contribution is 7.99. The van der Waals surface area contributed by atoms with E-state index in [1.54, 1.807) is 35.1 Å². The Morgan fingerprint density at radius 3 is 3.05 bits per heavy atom. The summed E-state index contributed by atoms with van der Waals surface area (Å²) in [6.45, 7) is 0.443. The molecular weight excluding hydrogens is 266 g/mol. The Labute approximate surface area is 113 Å². The van der Waals surface area contributed by atoms with Crippen molar-refractivity contribution in [1.29, 1.82) is 0 Å². The number of rotatable bonds is 6.